The first kappa shape index (κ1) is 22.5. The Kier molecular flexibility index (Phi) is 6.69. The molecule has 33 heavy (non-hydrogen) atoms. The van der Waals surface area contributed by atoms with Gasteiger partial charge in [0.1, 0.15) is 17.7 Å². The number of carbonyl (C=O) groups is 2. The van der Waals surface area contributed by atoms with Gasteiger partial charge in [-0.1, -0.05) is 24.3 Å². The number of hydrogen-bond acceptors (Lipinski definition) is 5. The van der Waals surface area contributed by atoms with Gasteiger partial charge in [-0.3, -0.25) is 9.69 Å². The van der Waals surface area contributed by atoms with Crippen molar-refractivity contribution in [2.45, 2.75) is 26.1 Å². The summed E-state index contributed by atoms with van der Waals surface area (Å²) in [5, 5.41) is 5.97. The smallest absolute Gasteiger partial charge is 0.414 e. The number of carbonyl (C=O) groups excluding carboxylic acids is 2. The van der Waals surface area contributed by atoms with E-state index in [0.29, 0.717) is 24.3 Å². The van der Waals surface area contributed by atoms with Gasteiger partial charge in [-0.25, -0.2) is 14.2 Å². The molecular weight excluding hydrogens is 425 g/mol. The molecule has 0 unspecified atom stereocenters. The number of imidazole rings is 1. The summed E-state index contributed by atoms with van der Waals surface area (Å²) in [5.74, 6) is 0.332. The molecule has 0 bridgehead atoms. The predicted octanol–water partition coefficient (Wildman–Crippen LogP) is 2.98. The lowest BCUT2D eigenvalue weighted by molar-refractivity contribution is -0.119. The van der Waals surface area contributed by atoms with Crippen molar-refractivity contribution in [1.29, 1.82) is 0 Å². The highest BCUT2D eigenvalue weighted by molar-refractivity contribution is 5.90. The van der Waals surface area contributed by atoms with Gasteiger partial charge in [0.25, 0.3) is 0 Å². The molecule has 9 heteroatoms. The summed E-state index contributed by atoms with van der Waals surface area (Å²) in [4.78, 5) is 28.9. The number of hydrogen-bond donors (Lipinski definition) is 2. The molecule has 1 saturated heterocycles. The number of benzene rings is 2. The van der Waals surface area contributed by atoms with Gasteiger partial charge in [0.05, 0.1) is 25.3 Å². The first-order valence-corrected chi connectivity index (χ1v) is 10.7. The number of nitrogens with zero attached hydrogens (tertiary/aromatic N) is 3. The quantitative estimate of drug-likeness (QED) is 0.550. The van der Waals surface area contributed by atoms with Crippen molar-refractivity contribution >= 4 is 17.7 Å². The summed E-state index contributed by atoms with van der Waals surface area (Å²) in [6, 6.07) is 12.4. The van der Waals surface area contributed by atoms with E-state index in [1.807, 2.05) is 42.1 Å². The van der Waals surface area contributed by atoms with E-state index in [9.17, 15) is 14.0 Å². The highest BCUT2D eigenvalue weighted by atomic mass is 19.1. The Labute approximate surface area is 191 Å². The number of cyclic esters (lactones) is 1. The largest absolute Gasteiger partial charge is 0.442 e. The molecule has 1 aliphatic heterocycles. The van der Waals surface area contributed by atoms with E-state index in [0.717, 1.165) is 17.0 Å². The third-order valence-electron chi connectivity index (χ3n) is 5.52. The van der Waals surface area contributed by atoms with Gasteiger partial charge < -0.3 is 19.9 Å². The van der Waals surface area contributed by atoms with E-state index in [4.69, 9.17) is 4.74 Å². The number of amides is 2. The molecule has 1 aliphatic rings. The van der Waals surface area contributed by atoms with Crippen molar-refractivity contribution in [1.82, 2.24) is 20.2 Å². The molecule has 1 aromatic heterocycles. The van der Waals surface area contributed by atoms with Crippen molar-refractivity contribution in [2.24, 2.45) is 7.05 Å². The minimum Gasteiger partial charge on any atom is -0.442 e. The van der Waals surface area contributed by atoms with Crippen molar-refractivity contribution in [2.75, 3.05) is 18.0 Å². The van der Waals surface area contributed by atoms with Crippen LogP contribution in [0.25, 0.3) is 11.1 Å². The molecular formula is C24H26FN5O3. The van der Waals surface area contributed by atoms with Crippen LogP contribution >= 0.6 is 0 Å². The van der Waals surface area contributed by atoms with Gasteiger partial charge in [0.15, 0.2) is 0 Å². The molecule has 2 N–H and O–H groups in total. The fraction of sp³-hybridized carbons (Fsp3) is 0.292. The van der Waals surface area contributed by atoms with E-state index in [1.54, 1.807) is 18.3 Å². The highest BCUT2D eigenvalue weighted by Gasteiger charge is 2.32. The third kappa shape index (κ3) is 5.38. The summed E-state index contributed by atoms with van der Waals surface area (Å²) < 4.78 is 22.1. The second-order valence-corrected chi connectivity index (χ2v) is 7.97. The van der Waals surface area contributed by atoms with Crippen LogP contribution < -0.4 is 15.5 Å². The van der Waals surface area contributed by atoms with Gasteiger partial charge in [-0.15, -0.1) is 0 Å². The molecule has 3 aromatic rings. The maximum atomic E-state index is 14.9. The molecule has 2 aromatic carbocycles. The Morgan fingerprint density at radius 1 is 1.21 bits per heavy atom. The van der Waals surface area contributed by atoms with Crippen LogP contribution in [0.3, 0.4) is 0 Å². The monoisotopic (exact) mass is 451 g/mol. The van der Waals surface area contributed by atoms with E-state index >= 15 is 0 Å². The van der Waals surface area contributed by atoms with Crippen molar-refractivity contribution < 1.29 is 18.7 Å². The van der Waals surface area contributed by atoms with Crippen LogP contribution in [0.2, 0.25) is 0 Å². The molecule has 1 fully saturated rings. The Hall–Kier alpha value is -3.72. The van der Waals surface area contributed by atoms with Crippen LogP contribution in [-0.2, 0) is 29.7 Å². The van der Waals surface area contributed by atoms with Crippen molar-refractivity contribution in [3.63, 3.8) is 0 Å². The number of anilines is 1. The van der Waals surface area contributed by atoms with Crippen molar-refractivity contribution in [3.8, 4) is 11.1 Å². The zero-order chi connectivity index (χ0) is 23.4. The Morgan fingerprint density at radius 3 is 2.67 bits per heavy atom. The summed E-state index contributed by atoms with van der Waals surface area (Å²) in [6.07, 6.45) is 2.65. The predicted molar refractivity (Wildman–Crippen MR) is 122 cm³/mol. The van der Waals surface area contributed by atoms with Crippen LogP contribution in [0.5, 0.6) is 0 Å². The van der Waals surface area contributed by atoms with Crippen LogP contribution in [-0.4, -0.2) is 40.7 Å². The molecule has 172 valence electrons. The number of aromatic nitrogens is 2. The first-order chi connectivity index (χ1) is 15.9. The zero-order valence-electron chi connectivity index (χ0n) is 18.5. The second kappa shape index (κ2) is 9.83. The number of aryl methyl sites for hydroxylation is 1. The molecule has 1 atom stereocenters. The first-order valence-electron chi connectivity index (χ1n) is 10.7. The zero-order valence-corrected chi connectivity index (χ0v) is 18.5. The van der Waals surface area contributed by atoms with E-state index in [1.165, 1.54) is 17.9 Å². The number of halogens is 1. The van der Waals surface area contributed by atoms with Crippen LogP contribution in [0.1, 0.15) is 18.3 Å². The van der Waals surface area contributed by atoms with E-state index in [2.05, 4.69) is 15.6 Å². The highest BCUT2D eigenvalue weighted by Crippen LogP contribution is 2.29. The maximum absolute atomic E-state index is 14.9. The minimum atomic E-state index is -0.556. The Balaban J connectivity index is 1.38. The van der Waals surface area contributed by atoms with E-state index < -0.39 is 18.0 Å². The minimum absolute atomic E-state index is 0.199. The lowest BCUT2D eigenvalue weighted by Crippen LogP contribution is -2.33. The molecule has 2 heterocycles. The van der Waals surface area contributed by atoms with Gasteiger partial charge in [-0.05, 0) is 29.3 Å². The fourth-order valence-electron chi connectivity index (χ4n) is 3.69. The summed E-state index contributed by atoms with van der Waals surface area (Å²) in [6.45, 7) is 3.20. The number of rotatable bonds is 8. The van der Waals surface area contributed by atoms with Crippen LogP contribution in [0.4, 0.5) is 14.9 Å². The molecule has 8 nitrogen and oxygen atoms in total. The van der Waals surface area contributed by atoms with Crippen LogP contribution in [0, 0.1) is 5.82 Å². The SMILES string of the molecule is CC(=O)NC[C@H]1CN(c2ccc(-c3ccc(CNCc4nccn4C)cc3)c(F)c2)C(=O)O1. The van der Waals surface area contributed by atoms with E-state index in [-0.39, 0.29) is 19.0 Å². The van der Waals surface area contributed by atoms with Gasteiger partial charge in [0.2, 0.25) is 5.91 Å². The average molecular weight is 452 g/mol. The average Bonchev–Trinajstić information content (AvgIpc) is 3.38. The fourth-order valence-corrected chi connectivity index (χ4v) is 3.69. The van der Waals surface area contributed by atoms with Gasteiger partial charge in [0, 0.05) is 38.5 Å². The molecule has 2 amide bonds. The van der Waals surface area contributed by atoms with Gasteiger partial charge >= 0.3 is 6.09 Å². The number of ether oxygens (including phenoxy) is 1. The standard InChI is InChI=1S/C24H26FN5O3/c1-16(31)28-13-20-15-30(24(32)33-20)19-7-8-21(22(25)11-19)18-5-3-17(4-6-18)12-26-14-23-27-9-10-29(23)2/h3-11,20,26H,12-15H2,1-2H3,(H,28,31)/t20-/m0/s1. The third-order valence-corrected chi connectivity index (χ3v) is 5.52. The maximum Gasteiger partial charge on any atom is 0.414 e. The molecule has 4 rings (SSSR count). The molecule has 0 radical (unpaired) electrons. The number of nitrogens with one attached hydrogen (secondary N) is 2. The lowest BCUT2D eigenvalue weighted by atomic mass is 10.0. The molecule has 0 spiro atoms. The van der Waals surface area contributed by atoms with Crippen LogP contribution in [0.15, 0.2) is 54.9 Å². The summed E-state index contributed by atoms with van der Waals surface area (Å²) in [7, 11) is 1.95. The Bertz CT molecular complexity index is 1150. The summed E-state index contributed by atoms with van der Waals surface area (Å²) in [5.41, 5.74) is 2.70. The normalized spacial score (nSPS) is 15.5. The second-order valence-electron chi connectivity index (χ2n) is 7.97. The topological polar surface area (TPSA) is 88.5 Å². The van der Waals surface area contributed by atoms with Crippen molar-refractivity contribution in [3.05, 3.63) is 72.1 Å². The lowest BCUT2D eigenvalue weighted by Gasteiger charge is -2.15. The summed E-state index contributed by atoms with van der Waals surface area (Å²) >= 11 is 0. The Morgan fingerprint density at radius 2 is 2.00 bits per heavy atom. The molecule has 0 aliphatic carbocycles. The van der Waals surface area contributed by atoms with Gasteiger partial charge in [-0.2, -0.15) is 0 Å². The molecule has 0 saturated carbocycles.